The Balaban J connectivity index is 1.43. The van der Waals surface area contributed by atoms with Gasteiger partial charge in [0, 0.05) is 20.9 Å². The first-order valence-corrected chi connectivity index (χ1v) is 13.8. The van der Waals surface area contributed by atoms with Crippen LogP contribution in [-0.4, -0.2) is 44.1 Å². The molecule has 2 saturated carbocycles. The Kier molecular flexibility index (Phi) is 4.78. The molecule has 4 heterocycles. The number of H-pyrrole nitrogens is 1. The van der Waals surface area contributed by atoms with Gasteiger partial charge < -0.3 is 10.1 Å². The van der Waals surface area contributed by atoms with Gasteiger partial charge in [0.2, 0.25) is 11.8 Å². The number of thiazole rings is 1. The van der Waals surface area contributed by atoms with Gasteiger partial charge in [0.1, 0.15) is 6.04 Å². The molecule has 1 saturated heterocycles. The van der Waals surface area contributed by atoms with E-state index in [2.05, 4.69) is 22.5 Å². The maximum Gasteiger partial charge on any atom is 0.327 e. The Morgan fingerprint density at radius 1 is 1.25 bits per heavy atom. The van der Waals surface area contributed by atoms with Crippen LogP contribution in [0.4, 0.5) is 0 Å². The summed E-state index contributed by atoms with van der Waals surface area (Å²) in [5, 5.41) is 13.2. The van der Waals surface area contributed by atoms with Crippen molar-refractivity contribution in [3.63, 3.8) is 0 Å². The van der Waals surface area contributed by atoms with Gasteiger partial charge in [0.05, 0.1) is 16.9 Å². The third-order valence-corrected chi connectivity index (χ3v) is 11.7. The van der Waals surface area contributed by atoms with Gasteiger partial charge in [0.15, 0.2) is 3.95 Å². The number of aromatic amines is 1. The van der Waals surface area contributed by atoms with E-state index in [1.807, 2.05) is 0 Å². The van der Waals surface area contributed by atoms with Crippen molar-refractivity contribution in [1.29, 1.82) is 0 Å². The molecule has 0 radical (unpaired) electrons. The van der Waals surface area contributed by atoms with Crippen molar-refractivity contribution in [3.05, 3.63) is 31.2 Å². The zero-order chi connectivity index (χ0) is 22.5. The Hall–Kier alpha value is -1.49. The maximum atomic E-state index is 13.6. The number of fused-ring (bicyclic) bond motifs is 9. The predicted molar refractivity (Wildman–Crippen MR) is 125 cm³/mol. The molecule has 2 amide bonds. The molecular formula is C22H22N2O4S4. The van der Waals surface area contributed by atoms with Crippen LogP contribution >= 0.6 is 46.7 Å². The second-order valence-electron chi connectivity index (χ2n) is 9.55. The Morgan fingerprint density at radius 2 is 1.97 bits per heavy atom. The maximum absolute atomic E-state index is 13.6. The highest BCUT2D eigenvalue weighted by molar-refractivity contribution is 8.00. The van der Waals surface area contributed by atoms with Crippen LogP contribution < -0.4 is 0 Å². The number of hydrogen-bond acceptors (Lipinski definition) is 7. The lowest BCUT2D eigenvalue weighted by Gasteiger charge is -2.42. The fourth-order valence-electron chi connectivity index (χ4n) is 6.79. The lowest BCUT2D eigenvalue weighted by Crippen LogP contribution is -2.49. The molecule has 8 atom stereocenters. The molecule has 6 rings (SSSR count). The summed E-state index contributed by atoms with van der Waals surface area (Å²) in [5.41, 5.74) is 0. The number of rotatable bonds is 4. The summed E-state index contributed by atoms with van der Waals surface area (Å²) in [6.07, 6.45) is 0.861. The SMILES string of the molecule is CC(C)C(C(=O)O)N1C(=O)C2C3CC(C2C1=O)C1C(c2cccs2)c2sc(=S)[nH]c2SC31. The van der Waals surface area contributed by atoms with Crippen LogP contribution in [0.5, 0.6) is 0 Å². The van der Waals surface area contributed by atoms with Crippen LogP contribution in [0.3, 0.4) is 0 Å². The molecule has 10 heteroatoms. The molecule has 2 aliphatic carbocycles. The number of imide groups is 1. The van der Waals surface area contributed by atoms with E-state index in [4.69, 9.17) is 12.2 Å². The van der Waals surface area contributed by atoms with E-state index in [-0.39, 0.29) is 46.7 Å². The number of thiophene rings is 1. The number of thioether (sulfide) groups is 1. The number of aromatic nitrogens is 1. The zero-order valence-electron chi connectivity index (χ0n) is 17.4. The smallest absolute Gasteiger partial charge is 0.327 e. The number of likely N-dealkylation sites (tertiary alicyclic amines) is 1. The highest BCUT2D eigenvalue weighted by atomic mass is 32.2. The van der Waals surface area contributed by atoms with Crippen LogP contribution in [0.1, 0.15) is 35.9 Å². The number of carboxylic acids is 1. The first-order valence-electron chi connectivity index (χ1n) is 10.8. The van der Waals surface area contributed by atoms with Crippen molar-refractivity contribution in [2.45, 2.75) is 42.5 Å². The Morgan fingerprint density at radius 3 is 2.59 bits per heavy atom. The number of carbonyl (C=O) groups is 3. The van der Waals surface area contributed by atoms with E-state index in [0.29, 0.717) is 0 Å². The first-order chi connectivity index (χ1) is 15.3. The number of carbonyl (C=O) groups excluding carboxylic acids is 2. The quantitative estimate of drug-likeness (QED) is 0.470. The molecule has 2 aromatic rings. The molecule has 8 unspecified atom stereocenters. The second kappa shape index (κ2) is 7.25. The van der Waals surface area contributed by atoms with Crippen molar-refractivity contribution in [2.75, 3.05) is 0 Å². The molecule has 3 fully saturated rings. The van der Waals surface area contributed by atoms with Gasteiger partial charge in [-0.3, -0.25) is 14.5 Å². The van der Waals surface area contributed by atoms with Gasteiger partial charge in [-0.25, -0.2) is 4.79 Å². The fraction of sp³-hybridized carbons (Fsp3) is 0.545. The minimum atomic E-state index is -1.10. The van der Waals surface area contributed by atoms with Crippen molar-refractivity contribution in [1.82, 2.24) is 9.88 Å². The molecule has 4 aliphatic rings. The fourth-order valence-corrected chi connectivity index (χ4v) is 11.1. The zero-order valence-corrected chi connectivity index (χ0v) is 20.7. The average Bonchev–Trinajstić information content (AvgIpc) is 3.51. The van der Waals surface area contributed by atoms with Crippen molar-refractivity contribution >= 4 is 64.4 Å². The topological polar surface area (TPSA) is 90.5 Å². The molecule has 168 valence electrons. The van der Waals surface area contributed by atoms with E-state index in [0.717, 1.165) is 20.3 Å². The first kappa shape index (κ1) is 21.1. The van der Waals surface area contributed by atoms with Crippen LogP contribution in [-0.2, 0) is 14.4 Å². The van der Waals surface area contributed by atoms with Crippen molar-refractivity contribution in [2.24, 2.45) is 35.5 Å². The number of carboxylic acid groups (broad SMARTS) is 1. The van der Waals surface area contributed by atoms with Crippen LogP contribution in [0.15, 0.2) is 22.5 Å². The molecule has 0 aromatic carbocycles. The normalized spacial score (nSPS) is 35.8. The average molecular weight is 507 g/mol. The number of nitrogens with one attached hydrogen (secondary N) is 1. The van der Waals surface area contributed by atoms with E-state index < -0.39 is 23.8 Å². The summed E-state index contributed by atoms with van der Waals surface area (Å²) in [6, 6.07) is 3.12. The predicted octanol–water partition coefficient (Wildman–Crippen LogP) is 4.45. The molecule has 2 N–H and O–H groups in total. The second-order valence-corrected chi connectivity index (χ2v) is 13.4. The molecule has 0 spiro atoms. The van der Waals surface area contributed by atoms with Gasteiger partial charge in [0.25, 0.3) is 0 Å². The van der Waals surface area contributed by atoms with Crippen LogP contribution in [0, 0.1) is 39.5 Å². The standard InChI is InChI=1S/C22H22N2O4S4/c1-7(2)15(21(27)28)24-19(25)12-8-6-9(13(12)20(24)26)16-11(8)14(10-4-3-5-30-10)17-18(31-16)23-22(29)32-17/h3-5,7-9,11-16H,6H2,1-2H3,(H,23,29)(H,27,28). The minimum Gasteiger partial charge on any atom is -0.480 e. The number of nitrogens with zero attached hydrogens (tertiary/aromatic N) is 1. The van der Waals surface area contributed by atoms with Crippen molar-refractivity contribution < 1.29 is 19.5 Å². The highest BCUT2D eigenvalue weighted by Gasteiger charge is 2.70. The van der Waals surface area contributed by atoms with E-state index in [1.165, 1.54) is 9.75 Å². The molecule has 2 aromatic heterocycles. The Labute approximate surface area is 202 Å². The van der Waals surface area contributed by atoms with Gasteiger partial charge in [-0.05, 0) is 53.8 Å². The molecule has 2 bridgehead atoms. The lowest BCUT2D eigenvalue weighted by molar-refractivity contribution is -0.157. The number of amides is 2. The molecular weight excluding hydrogens is 485 g/mol. The molecule has 2 aliphatic heterocycles. The van der Waals surface area contributed by atoms with Gasteiger partial charge in [-0.1, -0.05) is 19.9 Å². The van der Waals surface area contributed by atoms with Gasteiger partial charge in [-0.15, -0.1) is 34.4 Å². The number of hydrogen-bond donors (Lipinski definition) is 2. The monoisotopic (exact) mass is 506 g/mol. The van der Waals surface area contributed by atoms with Gasteiger partial charge >= 0.3 is 5.97 Å². The molecule has 32 heavy (non-hydrogen) atoms. The minimum absolute atomic E-state index is 0.0838. The number of aliphatic carboxylic acids is 1. The summed E-state index contributed by atoms with van der Waals surface area (Å²) >= 11 is 10.6. The summed E-state index contributed by atoms with van der Waals surface area (Å²) < 4.78 is 0.760. The lowest BCUT2D eigenvalue weighted by atomic mass is 9.69. The van der Waals surface area contributed by atoms with Crippen LogP contribution in [0.2, 0.25) is 0 Å². The summed E-state index contributed by atoms with van der Waals surface area (Å²) in [5.74, 6) is -2.19. The van der Waals surface area contributed by atoms with E-state index in [1.54, 1.807) is 48.3 Å². The Bertz CT molecular complexity index is 1180. The summed E-state index contributed by atoms with van der Waals surface area (Å²) in [6.45, 7) is 3.51. The van der Waals surface area contributed by atoms with E-state index >= 15 is 0 Å². The summed E-state index contributed by atoms with van der Waals surface area (Å²) in [7, 11) is 0. The van der Waals surface area contributed by atoms with Gasteiger partial charge in [-0.2, -0.15) is 0 Å². The third-order valence-electron chi connectivity index (χ3n) is 7.77. The highest BCUT2D eigenvalue weighted by Crippen LogP contribution is 2.69. The third kappa shape index (κ3) is 2.69. The van der Waals surface area contributed by atoms with Crippen molar-refractivity contribution in [3.8, 4) is 0 Å². The van der Waals surface area contributed by atoms with E-state index in [9.17, 15) is 19.5 Å². The largest absolute Gasteiger partial charge is 0.480 e. The molecule has 6 nitrogen and oxygen atoms in total. The summed E-state index contributed by atoms with van der Waals surface area (Å²) in [4.78, 5) is 46.0. The van der Waals surface area contributed by atoms with Crippen LogP contribution in [0.25, 0.3) is 0 Å².